The largest absolute Gasteiger partial charge is 0.370 e. The first-order valence-electron chi connectivity index (χ1n) is 7.29. The number of fused-ring (bicyclic) bond motifs is 1. The van der Waals surface area contributed by atoms with Crippen molar-refractivity contribution in [2.24, 2.45) is 10.7 Å². The molecule has 5 heteroatoms. The summed E-state index contributed by atoms with van der Waals surface area (Å²) in [6.45, 7) is 10.2. The number of anilines is 1. The van der Waals surface area contributed by atoms with Gasteiger partial charge < -0.3 is 16.0 Å². The number of rotatable bonds is 3. The van der Waals surface area contributed by atoms with Gasteiger partial charge in [-0.15, -0.1) is 24.0 Å². The second kappa shape index (κ2) is 7.33. The van der Waals surface area contributed by atoms with Gasteiger partial charge in [-0.25, -0.2) is 0 Å². The van der Waals surface area contributed by atoms with Crippen LogP contribution in [0.3, 0.4) is 0 Å². The summed E-state index contributed by atoms with van der Waals surface area (Å²) >= 11 is 0. The number of guanidine groups is 1. The zero-order valence-corrected chi connectivity index (χ0v) is 15.7. The fourth-order valence-electron chi connectivity index (χ4n) is 2.57. The van der Waals surface area contributed by atoms with Gasteiger partial charge in [0.25, 0.3) is 0 Å². The Morgan fingerprint density at radius 2 is 2.05 bits per heavy atom. The highest BCUT2D eigenvalue weighted by Gasteiger charge is 2.22. The van der Waals surface area contributed by atoms with Crippen LogP contribution in [0.15, 0.2) is 29.3 Å². The second-order valence-electron chi connectivity index (χ2n) is 6.52. The number of halogens is 1. The van der Waals surface area contributed by atoms with Gasteiger partial charge in [-0.2, -0.15) is 0 Å². The fourth-order valence-corrected chi connectivity index (χ4v) is 2.57. The number of hydrogen-bond donors (Lipinski definition) is 2. The predicted octanol–water partition coefficient (Wildman–Crippen LogP) is 2.76. The van der Waals surface area contributed by atoms with E-state index in [2.05, 4.69) is 67.2 Å². The van der Waals surface area contributed by atoms with Gasteiger partial charge in [0.2, 0.25) is 0 Å². The lowest BCUT2D eigenvalue weighted by atomic mass is 10.1. The van der Waals surface area contributed by atoms with E-state index in [1.54, 1.807) is 0 Å². The smallest absolute Gasteiger partial charge is 0.189 e. The molecule has 1 aromatic carbocycles. The molecule has 2 rings (SSSR count). The van der Waals surface area contributed by atoms with Crippen LogP contribution in [0.4, 0.5) is 5.69 Å². The summed E-state index contributed by atoms with van der Waals surface area (Å²) in [6.07, 6.45) is 1.12. The van der Waals surface area contributed by atoms with Crippen molar-refractivity contribution in [1.82, 2.24) is 5.32 Å². The molecule has 0 bridgehead atoms. The zero-order valence-electron chi connectivity index (χ0n) is 13.4. The maximum absolute atomic E-state index is 5.92. The van der Waals surface area contributed by atoms with E-state index >= 15 is 0 Å². The van der Waals surface area contributed by atoms with Gasteiger partial charge >= 0.3 is 0 Å². The molecule has 1 aliphatic heterocycles. The van der Waals surface area contributed by atoms with Crippen molar-refractivity contribution in [2.75, 3.05) is 18.0 Å². The molecule has 0 saturated carbocycles. The van der Waals surface area contributed by atoms with E-state index in [0.717, 1.165) is 13.0 Å². The molecule has 21 heavy (non-hydrogen) atoms. The average molecular weight is 402 g/mol. The summed E-state index contributed by atoms with van der Waals surface area (Å²) in [4.78, 5) is 6.89. The minimum absolute atomic E-state index is 0. The number of hydrogen-bond acceptors (Lipinski definition) is 2. The van der Waals surface area contributed by atoms with Gasteiger partial charge in [-0.3, -0.25) is 4.99 Å². The first-order valence-corrected chi connectivity index (χ1v) is 7.29. The Balaban J connectivity index is 0.00000220. The van der Waals surface area contributed by atoms with E-state index in [4.69, 9.17) is 5.73 Å². The third kappa shape index (κ3) is 5.05. The summed E-state index contributed by atoms with van der Waals surface area (Å²) in [5.74, 6) is 0.525. The number of benzene rings is 1. The summed E-state index contributed by atoms with van der Waals surface area (Å²) in [5.41, 5.74) is 8.66. The van der Waals surface area contributed by atoms with Crippen molar-refractivity contribution in [3.05, 3.63) is 29.8 Å². The molecule has 1 heterocycles. The first kappa shape index (κ1) is 18.1. The van der Waals surface area contributed by atoms with Crippen LogP contribution in [-0.2, 0) is 6.42 Å². The van der Waals surface area contributed by atoms with Crippen LogP contribution < -0.4 is 16.0 Å². The van der Waals surface area contributed by atoms with Crippen molar-refractivity contribution in [2.45, 2.75) is 45.7 Å². The third-order valence-corrected chi connectivity index (χ3v) is 3.48. The van der Waals surface area contributed by atoms with Gasteiger partial charge in [0, 0.05) is 23.8 Å². The Bertz CT molecular complexity index is 493. The Kier molecular flexibility index (Phi) is 6.31. The third-order valence-electron chi connectivity index (χ3n) is 3.48. The molecule has 0 amide bonds. The van der Waals surface area contributed by atoms with Gasteiger partial charge in [0.1, 0.15) is 0 Å². The topological polar surface area (TPSA) is 53.6 Å². The molecule has 0 aromatic heterocycles. The summed E-state index contributed by atoms with van der Waals surface area (Å²) in [6, 6.07) is 8.97. The molecule has 0 aliphatic carbocycles. The zero-order chi connectivity index (χ0) is 14.8. The Morgan fingerprint density at radius 3 is 2.71 bits per heavy atom. The maximum atomic E-state index is 5.92. The number of para-hydroxylation sites is 1. The number of nitrogens with two attached hydrogens (primary N) is 1. The minimum atomic E-state index is -0.0446. The van der Waals surface area contributed by atoms with Gasteiger partial charge in [0.05, 0.1) is 6.54 Å². The van der Waals surface area contributed by atoms with E-state index < -0.39 is 0 Å². The van der Waals surface area contributed by atoms with Crippen LogP contribution in [0.25, 0.3) is 0 Å². The van der Waals surface area contributed by atoms with Crippen molar-refractivity contribution in [3.8, 4) is 0 Å². The maximum Gasteiger partial charge on any atom is 0.189 e. The highest BCUT2D eigenvalue weighted by Crippen LogP contribution is 2.29. The quantitative estimate of drug-likeness (QED) is 0.465. The average Bonchev–Trinajstić information content (AvgIpc) is 2.78. The van der Waals surface area contributed by atoms with E-state index in [1.165, 1.54) is 11.3 Å². The lowest BCUT2D eigenvalue weighted by Gasteiger charge is -2.27. The normalized spacial score (nSPS) is 16.2. The number of aliphatic imine (C=N–C) groups is 1. The Morgan fingerprint density at radius 1 is 1.38 bits per heavy atom. The minimum Gasteiger partial charge on any atom is -0.370 e. The molecular weight excluding hydrogens is 375 g/mol. The van der Waals surface area contributed by atoms with Crippen LogP contribution in [0.5, 0.6) is 0 Å². The predicted molar refractivity (Wildman–Crippen MR) is 102 cm³/mol. The fraction of sp³-hybridized carbons (Fsp3) is 0.562. The highest BCUT2D eigenvalue weighted by atomic mass is 127. The molecule has 1 aliphatic rings. The lowest BCUT2D eigenvalue weighted by Crippen LogP contribution is -2.45. The Hall–Kier alpha value is -0.980. The second-order valence-corrected chi connectivity index (χ2v) is 6.52. The molecule has 4 nitrogen and oxygen atoms in total. The van der Waals surface area contributed by atoms with Gasteiger partial charge in [-0.1, -0.05) is 18.2 Å². The molecule has 1 unspecified atom stereocenters. The molecule has 1 aromatic rings. The van der Waals surface area contributed by atoms with Crippen molar-refractivity contribution in [3.63, 3.8) is 0 Å². The molecule has 1 atom stereocenters. The van der Waals surface area contributed by atoms with Gasteiger partial charge in [-0.05, 0) is 45.7 Å². The van der Waals surface area contributed by atoms with Crippen LogP contribution in [0, 0.1) is 0 Å². The SMILES string of the molecule is CC(CN=C(N)NC(C)(C)C)N1CCc2ccccc21.I. The lowest BCUT2D eigenvalue weighted by molar-refractivity contribution is 0.507. The number of nitrogens with zero attached hydrogens (tertiary/aromatic N) is 2. The van der Waals surface area contributed by atoms with E-state index in [1.807, 2.05) is 0 Å². The Labute approximate surface area is 145 Å². The standard InChI is InChI=1S/C16H26N4.HI/c1-12(11-18-15(17)19-16(2,3)4)20-10-9-13-7-5-6-8-14(13)20;/h5-8,12H,9-11H2,1-4H3,(H3,17,18,19);1H. The first-order chi connectivity index (χ1) is 9.37. The van der Waals surface area contributed by atoms with Crippen molar-refractivity contribution < 1.29 is 0 Å². The molecule has 0 spiro atoms. The molecule has 0 radical (unpaired) electrons. The molecular formula is C16H27IN4. The van der Waals surface area contributed by atoms with Gasteiger partial charge in [0.15, 0.2) is 5.96 Å². The van der Waals surface area contributed by atoms with Crippen LogP contribution in [-0.4, -0.2) is 30.6 Å². The van der Waals surface area contributed by atoms with Crippen molar-refractivity contribution >= 4 is 35.6 Å². The molecule has 0 fully saturated rings. The van der Waals surface area contributed by atoms with Crippen LogP contribution in [0.1, 0.15) is 33.3 Å². The monoisotopic (exact) mass is 402 g/mol. The molecule has 0 saturated heterocycles. The van der Waals surface area contributed by atoms with E-state index in [9.17, 15) is 0 Å². The van der Waals surface area contributed by atoms with Crippen LogP contribution >= 0.6 is 24.0 Å². The van der Waals surface area contributed by atoms with Crippen molar-refractivity contribution in [1.29, 1.82) is 0 Å². The summed E-state index contributed by atoms with van der Waals surface area (Å²) in [5, 5.41) is 3.19. The summed E-state index contributed by atoms with van der Waals surface area (Å²) < 4.78 is 0. The van der Waals surface area contributed by atoms with Crippen LogP contribution in [0.2, 0.25) is 0 Å². The van der Waals surface area contributed by atoms with E-state index in [0.29, 0.717) is 18.5 Å². The molecule has 3 N–H and O–H groups in total. The van der Waals surface area contributed by atoms with E-state index in [-0.39, 0.29) is 29.5 Å². The number of nitrogens with one attached hydrogen (secondary N) is 1. The molecule has 118 valence electrons. The highest BCUT2D eigenvalue weighted by molar-refractivity contribution is 14.0. The summed E-state index contributed by atoms with van der Waals surface area (Å²) in [7, 11) is 0.